The number of carbonyl (C=O) groups is 3. The minimum absolute atomic E-state index is 0.00666. The predicted octanol–water partition coefficient (Wildman–Crippen LogP) is 2.54. The summed E-state index contributed by atoms with van der Waals surface area (Å²) in [5.41, 5.74) is 1.55. The van der Waals surface area contributed by atoms with Gasteiger partial charge in [0.05, 0.1) is 6.42 Å². The number of piperidine rings is 1. The first kappa shape index (κ1) is 21.1. The zero-order valence-electron chi connectivity index (χ0n) is 17.6. The minimum Gasteiger partial charge on any atom is -0.352 e. The van der Waals surface area contributed by atoms with Crippen LogP contribution in [0.2, 0.25) is 0 Å². The van der Waals surface area contributed by atoms with E-state index in [0.29, 0.717) is 37.9 Å². The molecule has 2 aromatic carbocycles. The summed E-state index contributed by atoms with van der Waals surface area (Å²) in [4.78, 5) is 40.2. The van der Waals surface area contributed by atoms with Crippen LogP contribution in [0.25, 0.3) is 0 Å². The maximum atomic E-state index is 12.9. The second-order valence-corrected chi connectivity index (χ2v) is 8.48. The van der Waals surface area contributed by atoms with Gasteiger partial charge in [0.15, 0.2) is 0 Å². The predicted molar refractivity (Wildman–Crippen MR) is 118 cm³/mol. The van der Waals surface area contributed by atoms with E-state index in [2.05, 4.69) is 10.6 Å². The maximum absolute atomic E-state index is 12.9. The molecule has 3 amide bonds. The molecule has 162 valence electrons. The molecule has 2 aromatic rings. The van der Waals surface area contributed by atoms with Gasteiger partial charge in [-0.25, -0.2) is 0 Å². The summed E-state index contributed by atoms with van der Waals surface area (Å²) < 4.78 is 0. The minimum atomic E-state index is -0.584. The Labute approximate surface area is 183 Å². The van der Waals surface area contributed by atoms with E-state index >= 15 is 0 Å². The van der Waals surface area contributed by atoms with Crippen molar-refractivity contribution in [3.05, 3.63) is 71.8 Å². The first-order valence-electron chi connectivity index (χ1n) is 11.1. The molecule has 1 atom stereocenters. The fourth-order valence-electron chi connectivity index (χ4n) is 4.09. The summed E-state index contributed by atoms with van der Waals surface area (Å²) in [5, 5.41) is 6.01. The Morgan fingerprint density at radius 1 is 0.871 bits per heavy atom. The summed E-state index contributed by atoms with van der Waals surface area (Å²) >= 11 is 0. The molecule has 6 heteroatoms. The third kappa shape index (κ3) is 5.72. The van der Waals surface area contributed by atoms with Crippen LogP contribution in [-0.4, -0.2) is 47.8 Å². The lowest BCUT2D eigenvalue weighted by Gasteiger charge is -2.36. The van der Waals surface area contributed by atoms with E-state index in [-0.39, 0.29) is 29.7 Å². The van der Waals surface area contributed by atoms with Gasteiger partial charge in [0, 0.05) is 24.7 Å². The summed E-state index contributed by atoms with van der Waals surface area (Å²) in [6.45, 7) is 1.20. The molecule has 0 bridgehead atoms. The van der Waals surface area contributed by atoms with Gasteiger partial charge in [0.1, 0.15) is 6.04 Å². The Morgan fingerprint density at radius 2 is 1.48 bits per heavy atom. The quantitative estimate of drug-likeness (QED) is 0.724. The number of nitrogens with one attached hydrogen (secondary N) is 2. The molecular formula is C25H29N3O3. The summed E-state index contributed by atoms with van der Waals surface area (Å²) in [6, 6.07) is 18.4. The number of hydrogen-bond donors (Lipinski definition) is 2. The molecular weight excluding hydrogens is 390 g/mol. The highest BCUT2D eigenvalue weighted by Crippen LogP contribution is 2.24. The average Bonchev–Trinajstić information content (AvgIpc) is 3.62. The fourth-order valence-corrected chi connectivity index (χ4v) is 4.09. The number of carbonyl (C=O) groups excluding carboxylic acids is 3. The molecule has 0 aromatic heterocycles. The third-order valence-corrected chi connectivity index (χ3v) is 6.09. The summed E-state index contributed by atoms with van der Waals surface area (Å²) in [5.74, 6) is -0.232. The first-order chi connectivity index (χ1) is 15.1. The Balaban J connectivity index is 1.37. The standard InChI is InChI=1S/C25H29N3O3/c29-22(17-18-7-3-1-4-8-18)28-15-13-19(14-16-28)23(25(31)26-21-11-12-21)27-24(30)20-9-5-2-6-10-20/h1-10,19,21,23H,11-17H2,(H,26,31)(H,27,30). The van der Waals surface area contributed by atoms with Crippen LogP contribution in [0.4, 0.5) is 0 Å². The van der Waals surface area contributed by atoms with E-state index in [4.69, 9.17) is 0 Å². The van der Waals surface area contributed by atoms with Gasteiger partial charge in [-0.2, -0.15) is 0 Å². The van der Waals surface area contributed by atoms with Crippen LogP contribution < -0.4 is 10.6 Å². The molecule has 2 aliphatic rings. The van der Waals surface area contributed by atoms with E-state index in [1.165, 1.54) is 0 Å². The van der Waals surface area contributed by atoms with Crippen LogP contribution in [0.15, 0.2) is 60.7 Å². The van der Waals surface area contributed by atoms with Gasteiger partial charge in [-0.05, 0) is 49.3 Å². The van der Waals surface area contributed by atoms with Gasteiger partial charge in [-0.15, -0.1) is 0 Å². The topological polar surface area (TPSA) is 78.5 Å². The smallest absolute Gasteiger partial charge is 0.251 e. The zero-order valence-corrected chi connectivity index (χ0v) is 17.6. The lowest BCUT2D eigenvalue weighted by molar-refractivity contribution is -0.132. The SMILES string of the molecule is O=C(NC(C(=O)NC1CC1)C1CCN(C(=O)Cc2ccccc2)CC1)c1ccccc1. The van der Waals surface area contributed by atoms with Gasteiger partial charge in [-0.1, -0.05) is 48.5 Å². The van der Waals surface area contributed by atoms with Gasteiger partial charge >= 0.3 is 0 Å². The molecule has 4 rings (SSSR count). The lowest BCUT2D eigenvalue weighted by Crippen LogP contribution is -2.54. The Morgan fingerprint density at radius 3 is 2.10 bits per heavy atom. The molecule has 0 spiro atoms. The van der Waals surface area contributed by atoms with Crippen molar-refractivity contribution in [1.29, 1.82) is 0 Å². The zero-order chi connectivity index (χ0) is 21.6. The van der Waals surface area contributed by atoms with Crippen LogP contribution in [0.5, 0.6) is 0 Å². The first-order valence-corrected chi connectivity index (χ1v) is 11.1. The Kier molecular flexibility index (Phi) is 6.65. The van der Waals surface area contributed by atoms with Crippen molar-refractivity contribution in [2.75, 3.05) is 13.1 Å². The number of hydrogen-bond acceptors (Lipinski definition) is 3. The largest absolute Gasteiger partial charge is 0.352 e. The van der Waals surface area contributed by atoms with E-state index < -0.39 is 6.04 Å². The second-order valence-electron chi connectivity index (χ2n) is 8.48. The molecule has 1 saturated heterocycles. The van der Waals surface area contributed by atoms with Crippen molar-refractivity contribution in [3.63, 3.8) is 0 Å². The summed E-state index contributed by atoms with van der Waals surface area (Å²) in [6.07, 6.45) is 3.77. The number of likely N-dealkylation sites (tertiary alicyclic amines) is 1. The van der Waals surface area contributed by atoms with Gasteiger partial charge in [0.25, 0.3) is 5.91 Å². The molecule has 1 heterocycles. The van der Waals surface area contributed by atoms with Crippen LogP contribution in [-0.2, 0) is 16.0 Å². The third-order valence-electron chi connectivity index (χ3n) is 6.09. The molecule has 1 unspecified atom stereocenters. The van der Waals surface area contributed by atoms with Gasteiger partial charge in [-0.3, -0.25) is 14.4 Å². The van der Waals surface area contributed by atoms with Crippen LogP contribution in [0.3, 0.4) is 0 Å². The highest BCUT2D eigenvalue weighted by Gasteiger charge is 2.36. The molecule has 1 aliphatic heterocycles. The van der Waals surface area contributed by atoms with Gasteiger partial charge < -0.3 is 15.5 Å². The Hall–Kier alpha value is -3.15. The molecule has 6 nitrogen and oxygen atoms in total. The highest BCUT2D eigenvalue weighted by atomic mass is 16.2. The van der Waals surface area contributed by atoms with E-state index in [0.717, 1.165) is 18.4 Å². The van der Waals surface area contributed by atoms with Crippen LogP contribution >= 0.6 is 0 Å². The summed E-state index contributed by atoms with van der Waals surface area (Å²) in [7, 11) is 0. The molecule has 1 aliphatic carbocycles. The maximum Gasteiger partial charge on any atom is 0.251 e. The number of amides is 3. The monoisotopic (exact) mass is 419 g/mol. The Bertz CT molecular complexity index is 904. The highest BCUT2D eigenvalue weighted by molar-refractivity contribution is 5.97. The molecule has 1 saturated carbocycles. The van der Waals surface area contributed by atoms with Crippen LogP contribution in [0, 0.1) is 5.92 Å². The molecule has 31 heavy (non-hydrogen) atoms. The number of benzene rings is 2. The van der Waals surface area contributed by atoms with Gasteiger partial charge in [0.2, 0.25) is 11.8 Å². The molecule has 2 N–H and O–H groups in total. The average molecular weight is 420 g/mol. The van der Waals surface area contributed by atoms with Crippen molar-refractivity contribution in [2.45, 2.75) is 44.2 Å². The second kappa shape index (κ2) is 9.77. The fraction of sp³-hybridized carbons (Fsp3) is 0.400. The van der Waals surface area contributed by atoms with E-state index in [1.807, 2.05) is 53.4 Å². The molecule has 2 fully saturated rings. The normalized spacial score (nSPS) is 17.6. The van der Waals surface area contributed by atoms with Crippen molar-refractivity contribution in [2.24, 2.45) is 5.92 Å². The van der Waals surface area contributed by atoms with Crippen molar-refractivity contribution in [3.8, 4) is 0 Å². The molecule has 0 radical (unpaired) electrons. The van der Waals surface area contributed by atoms with Crippen LogP contribution in [0.1, 0.15) is 41.6 Å². The number of rotatable bonds is 7. The lowest BCUT2D eigenvalue weighted by atomic mass is 9.88. The van der Waals surface area contributed by atoms with E-state index in [9.17, 15) is 14.4 Å². The van der Waals surface area contributed by atoms with Crippen molar-refractivity contribution < 1.29 is 14.4 Å². The van der Waals surface area contributed by atoms with Crippen molar-refractivity contribution >= 4 is 17.7 Å². The number of nitrogens with zero attached hydrogens (tertiary/aromatic N) is 1. The van der Waals surface area contributed by atoms with E-state index in [1.54, 1.807) is 12.1 Å². The van der Waals surface area contributed by atoms with Crippen molar-refractivity contribution in [1.82, 2.24) is 15.5 Å².